The third kappa shape index (κ3) is 4.07. The van der Waals surface area contributed by atoms with Crippen molar-refractivity contribution in [1.82, 2.24) is 20.0 Å². The van der Waals surface area contributed by atoms with Gasteiger partial charge in [0, 0.05) is 48.4 Å². The summed E-state index contributed by atoms with van der Waals surface area (Å²) in [7, 11) is 1.80. The summed E-state index contributed by atoms with van der Waals surface area (Å²) in [5.41, 5.74) is 3.34. The van der Waals surface area contributed by atoms with Crippen LogP contribution in [0.4, 0.5) is 4.39 Å². The fourth-order valence-corrected chi connectivity index (χ4v) is 3.72. The minimum Gasteiger partial charge on any atom is -0.347 e. The van der Waals surface area contributed by atoms with Crippen LogP contribution in [0.2, 0.25) is 5.02 Å². The van der Waals surface area contributed by atoms with Crippen molar-refractivity contribution in [2.24, 2.45) is 7.05 Å². The van der Waals surface area contributed by atoms with Gasteiger partial charge >= 0.3 is 0 Å². The Morgan fingerprint density at radius 3 is 2.53 bits per heavy atom. The molecule has 0 fully saturated rings. The van der Waals surface area contributed by atoms with Crippen molar-refractivity contribution in [3.8, 4) is 0 Å². The average Bonchev–Trinajstić information content (AvgIpc) is 3.09. The number of fused-ring (bicyclic) bond motifs is 1. The van der Waals surface area contributed by atoms with Gasteiger partial charge in [-0.05, 0) is 42.0 Å². The van der Waals surface area contributed by atoms with E-state index in [0.29, 0.717) is 35.8 Å². The van der Waals surface area contributed by atoms with Gasteiger partial charge in [0.25, 0.3) is 11.8 Å². The lowest BCUT2D eigenvalue weighted by atomic mass is 10.0. The van der Waals surface area contributed by atoms with Crippen LogP contribution in [-0.4, -0.2) is 33.0 Å². The summed E-state index contributed by atoms with van der Waals surface area (Å²) in [5.74, 6) is -0.880. The zero-order chi connectivity index (χ0) is 21.3. The lowest BCUT2D eigenvalue weighted by Crippen LogP contribution is -2.37. The van der Waals surface area contributed by atoms with E-state index in [0.717, 1.165) is 16.8 Å². The summed E-state index contributed by atoms with van der Waals surface area (Å²) in [6, 6.07) is 12.7. The molecular weight excluding hydrogens is 407 g/mol. The maximum Gasteiger partial charge on any atom is 0.272 e. The molecule has 0 spiro atoms. The van der Waals surface area contributed by atoms with Crippen molar-refractivity contribution >= 4 is 23.4 Å². The van der Waals surface area contributed by atoms with Crippen molar-refractivity contribution in [2.45, 2.75) is 19.5 Å². The van der Waals surface area contributed by atoms with Gasteiger partial charge in [-0.2, -0.15) is 5.10 Å². The number of halogens is 2. The maximum atomic E-state index is 13.2. The van der Waals surface area contributed by atoms with Gasteiger partial charge in [0.05, 0.1) is 6.54 Å². The Labute approximate surface area is 178 Å². The van der Waals surface area contributed by atoms with Crippen LogP contribution in [-0.2, 0) is 26.6 Å². The number of aromatic nitrogens is 2. The molecule has 2 heterocycles. The van der Waals surface area contributed by atoms with Crippen LogP contribution in [0.3, 0.4) is 0 Å². The molecule has 0 unspecified atom stereocenters. The van der Waals surface area contributed by atoms with Crippen molar-refractivity contribution in [1.29, 1.82) is 0 Å². The number of aryl methyl sites for hydroxylation is 1. The van der Waals surface area contributed by atoms with Crippen LogP contribution in [0.15, 0.2) is 48.5 Å². The Morgan fingerprint density at radius 1 is 1.13 bits per heavy atom. The molecule has 0 bridgehead atoms. The number of carbonyl (C=O) groups is 2. The summed E-state index contributed by atoms with van der Waals surface area (Å²) >= 11 is 5.89. The summed E-state index contributed by atoms with van der Waals surface area (Å²) in [5, 5.41) is 7.90. The first-order valence-electron chi connectivity index (χ1n) is 9.54. The second kappa shape index (κ2) is 8.28. The lowest BCUT2D eigenvalue weighted by Gasteiger charge is -2.27. The number of amides is 2. The summed E-state index contributed by atoms with van der Waals surface area (Å²) < 4.78 is 14.9. The van der Waals surface area contributed by atoms with Crippen molar-refractivity contribution in [2.75, 3.05) is 6.54 Å². The predicted octanol–water partition coefficient (Wildman–Crippen LogP) is 3.34. The highest BCUT2D eigenvalue weighted by Gasteiger charge is 2.29. The molecule has 0 aliphatic carbocycles. The number of benzene rings is 2. The molecule has 154 valence electrons. The molecule has 4 rings (SSSR count). The third-order valence-electron chi connectivity index (χ3n) is 5.20. The highest BCUT2D eigenvalue weighted by molar-refractivity contribution is 6.30. The molecule has 1 aliphatic rings. The van der Waals surface area contributed by atoms with E-state index in [4.69, 9.17) is 11.6 Å². The molecule has 1 N–H and O–H groups in total. The van der Waals surface area contributed by atoms with Gasteiger partial charge in [-0.15, -0.1) is 0 Å². The normalized spacial score (nSPS) is 13.1. The quantitative estimate of drug-likeness (QED) is 0.695. The van der Waals surface area contributed by atoms with Crippen molar-refractivity contribution < 1.29 is 14.0 Å². The van der Waals surface area contributed by atoms with Crippen LogP contribution in [0.1, 0.15) is 37.7 Å². The van der Waals surface area contributed by atoms with Gasteiger partial charge < -0.3 is 10.2 Å². The Kier molecular flexibility index (Phi) is 5.55. The van der Waals surface area contributed by atoms with E-state index < -0.39 is 0 Å². The second-order valence-corrected chi connectivity index (χ2v) is 7.63. The molecule has 2 aromatic carbocycles. The Hall–Kier alpha value is -3.19. The minimum absolute atomic E-state index is 0.197. The first-order chi connectivity index (χ1) is 14.4. The standard InChI is InChI=1S/C22H20ClFN4O2/c1-27-19-10-11-28(22(30)15-4-8-17(24)9-5-15)13-18(19)20(26-27)21(29)25-12-14-2-6-16(23)7-3-14/h2-9H,10-13H2,1H3,(H,25,29). The molecule has 2 amide bonds. The maximum absolute atomic E-state index is 13.2. The average molecular weight is 427 g/mol. The van der Waals surface area contributed by atoms with Gasteiger partial charge in [0.1, 0.15) is 5.82 Å². The molecule has 1 aromatic heterocycles. The van der Waals surface area contributed by atoms with Crippen LogP contribution in [0, 0.1) is 5.82 Å². The van der Waals surface area contributed by atoms with E-state index in [1.165, 1.54) is 24.3 Å². The number of hydrogen-bond donors (Lipinski definition) is 1. The Bertz CT molecular complexity index is 1090. The minimum atomic E-state index is -0.389. The highest BCUT2D eigenvalue weighted by atomic mass is 35.5. The van der Waals surface area contributed by atoms with Gasteiger partial charge in [-0.1, -0.05) is 23.7 Å². The summed E-state index contributed by atoms with van der Waals surface area (Å²) in [4.78, 5) is 27.3. The molecule has 0 saturated carbocycles. The molecule has 30 heavy (non-hydrogen) atoms. The number of rotatable bonds is 4. The van der Waals surface area contributed by atoms with Crippen molar-refractivity contribution in [3.05, 3.63) is 87.4 Å². The fraction of sp³-hybridized carbons (Fsp3) is 0.227. The number of carbonyl (C=O) groups excluding carboxylic acids is 2. The van der Waals surface area contributed by atoms with E-state index in [1.807, 2.05) is 12.1 Å². The first kappa shape index (κ1) is 20.1. The zero-order valence-electron chi connectivity index (χ0n) is 16.4. The third-order valence-corrected chi connectivity index (χ3v) is 5.45. The van der Waals surface area contributed by atoms with Gasteiger partial charge in [0.15, 0.2) is 5.69 Å². The van der Waals surface area contributed by atoms with Crippen LogP contribution < -0.4 is 5.32 Å². The molecule has 0 saturated heterocycles. The largest absolute Gasteiger partial charge is 0.347 e. The summed E-state index contributed by atoms with van der Waals surface area (Å²) in [6.07, 6.45) is 0.593. The Balaban J connectivity index is 1.50. The van der Waals surface area contributed by atoms with Gasteiger partial charge in [-0.25, -0.2) is 4.39 Å². The molecule has 3 aromatic rings. The van der Waals surface area contributed by atoms with Gasteiger partial charge in [0.2, 0.25) is 0 Å². The van der Waals surface area contributed by atoms with E-state index >= 15 is 0 Å². The van der Waals surface area contributed by atoms with E-state index in [1.54, 1.807) is 28.8 Å². The zero-order valence-corrected chi connectivity index (χ0v) is 17.1. The monoisotopic (exact) mass is 426 g/mol. The van der Waals surface area contributed by atoms with Crippen LogP contribution in [0.25, 0.3) is 0 Å². The van der Waals surface area contributed by atoms with Gasteiger partial charge in [-0.3, -0.25) is 14.3 Å². The second-order valence-electron chi connectivity index (χ2n) is 7.19. The lowest BCUT2D eigenvalue weighted by molar-refractivity contribution is 0.0730. The highest BCUT2D eigenvalue weighted by Crippen LogP contribution is 2.24. The topological polar surface area (TPSA) is 67.2 Å². The summed E-state index contributed by atoms with van der Waals surface area (Å²) in [6.45, 7) is 1.14. The molecule has 0 atom stereocenters. The molecule has 8 heteroatoms. The number of nitrogens with one attached hydrogen (secondary N) is 1. The number of nitrogens with zero attached hydrogens (tertiary/aromatic N) is 3. The van der Waals surface area contributed by atoms with E-state index in [2.05, 4.69) is 10.4 Å². The van der Waals surface area contributed by atoms with E-state index in [-0.39, 0.29) is 24.2 Å². The van der Waals surface area contributed by atoms with Crippen molar-refractivity contribution in [3.63, 3.8) is 0 Å². The van der Waals surface area contributed by atoms with Crippen LogP contribution >= 0.6 is 11.6 Å². The first-order valence-corrected chi connectivity index (χ1v) is 9.92. The molecule has 1 aliphatic heterocycles. The molecular formula is C22H20ClFN4O2. The SMILES string of the molecule is Cn1nc(C(=O)NCc2ccc(Cl)cc2)c2c1CCN(C(=O)c1ccc(F)cc1)C2. The smallest absolute Gasteiger partial charge is 0.272 e. The van der Waals surface area contributed by atoms with E-state index in [9.17, 15) is 14.0 Å². The predicted molar refractivity (Wildman–Crippen MR) is 111 cm³/mol. The molecule has 6 nitrogen and oxygen atoms in total. The fourth-order valence-electron chi connectivity index (χ4n) is 3.59. The van der Waals surface area contributed by atoms with Crippen LogP contribution in [0.5, 0.6) is 0 Å². The number of hydrogen-bond acceptors (Lipinski definition) is 3. The molecule has 0 radical (unpaired) electrons. The Morgan fingerprint density at radius 2 is 1.83 bits per heavy atom.